The van der Waals surface area contributed by atoms with Crippen LogP contribution in [0.2, 0.25) is 0 Å². The molecule has 1 atom stereocenters. The molecule has 25 heavy (non-hydrogen) atoms. The van der Waals surface area contributed by atoms with Gasteiger partial charge in [-0.2, -0.15) is 0 Å². The molecule has 0 aliphatic carbocycles. The Kier molecular flexibility index (Phi) is 3.24. The largest absolute Gasteiger partial charge is 0.362 e. The molecule has 126 valence electrons. The number of nitrogens with zero attached hydrogens (tertiary/aromatic N) is 2. The van der Waals surface area contributed by atoms with Gasteiger partial charge in [0.2, 0.25) is 5.72 Å². The molecule has 3 aromatic rings. The SMILES string of the molecule is CC(C)(C)N1C(=O)c2ccccc2C1(O)c1ccc2ccccc2n1. The number of benzene rings is 2. The van der Waals surface area contributed by atoms with Crippen LogP contribution in [0.3, 0.4) is 0 Å². The van der Waals surface area contributed by atoms with Crippen LogP contribution >= 0.6 is 0 Å². The van der Waals surface area contributed by atoms with Crippen molar-refractivity contribution < 1.29 is 9.90 Å². The molecular weight excluding hydrogens is 312 g/mol. The Bertz CT molecular complexity index is 990. The molecule has 0 saturated heterocycles. The van der Waals surface area contributed by atoms with Crippen LogP contribution in [0.4, 0.5) is 0 Å². The summed E-state index contributed by atoms with van der Waals surface area (Å²) in [5, 5.41) is 12.8. The molecule has 2 aromatic carbocycles. The van der Waals surface area contributed by atoms with Crippen LogP contribution in [0.25, 0.3) is 10.9 Å². The first-order chi connectivity index (χ1) is 11.8. The second kappa shape index (κ2) is 5.14. The minimum Gasteiger partial charge on any atom is -0.362 e. The summed E-state index contributed by atoms with van der Waals surface area (Å²) in [5.74, 6) is -0.180. The Morgan fingerprint density at radius 1 is 0.960 bits per heavy atom. The lowest BCUT2D eigenvalue weighted by atomic mass is 9.94. The van der Waals surface area contributed by atoms with Crippen LogP contribution in [0, 0.1) is 0 Å². The van der Waals surface area contributed by atoms with E-state index >= 15 is 0 Å². The van der Waals surface area contributed by atoms with Crippen LogP contribution in [-0.4, -0.2) is 26.4 Å². The number of hydrogen-bond acceptors (Lipinski definition) is 3. The molecule has 1 unspecified atom stereocenters. The van der Waals surface area contributed by atoms with E-state index in [1.807, 2.05) is 63.2 Å². The summed E-state index contributed by atoms with van der Waals surface area (Å²) >= 11 is 0. The van der Waals surface area contributed by atoms with Crippen LogP contribution in [-0.2, 0) is 5.72 Å². The third-order valence-corrected chi connectivity index (χ3v) is 4.69. The first-order valence-corrected chi connectivity index (χ1v) is 8.36. The smallest absolute Gasteiger partial charge is 0.257 e. The second-order valence-corrected chi connectivity index (χ2v) is 7.42. The van der Waals surface area contributed by atoms with Crippen LogP contribution in [0.5, 0.6) is 0 Å². The van der Waals surface area contributed by atoms with Crippen LogP contribution in [0.1, 0.15) is 42.4 Å². The van der Waals surface area contributed by atoms with Gasteiger partial charge in [0, 0.05) is 22.1 Å². The number of aliphatic hydroxyl groups is 1. The number of fused-ring (bicyclic) bond motifs is 2. The van der Waals surface area contributed by atoms with Gasteiger partial charge in [0.25, 0.3) is 5.91 Å². The quantitative estimate of drug-likeness (QED) is 0.739. The fourth-order valence-electron chi connectivity index (χ4n) is 3.66. The van der Waals surface area contributed by atoms with E-state index in [4.69, 9.17) is 0 Å². The molecule has 0 spiro atoms. The second-order valence-electron chi connectivity index (χ2n) is 7.42. The Balaban J connectivity index is 2.01. The molecule has 0 bridgehead atoms. The number of aromatic nitrogens is 1. The third kappa shape index (κ3) is 2.18. The molecule has 2 heterocycles. The lowest BCUT2D eigenvalue weighted by Crippen LogP contribution is -2.54. The monoisotopic (exact) mass is 332 g/mol. The van der Waals surface area contributed by atoms with Crippen molar-refractivity contribution in [1.82, 2.24) is 9.88 Å². The van der Waals surface area contributed by atoms with E-state index in [9.17, 15) is 9.90 Å². The zero-order chi connectivity index (χ0) is 17.8. The Labute approximate surface area is 146 Å². The van der Waals surface area contributed by atoms with Gasteiger partial charge < -0.3 is 5.11 Å². The van der Waals surface area contributed by atoms with Crippen molar-refractivity contribution in [3.63, 3.8) is 0 Å². The molecular formula is C21H20N2O2. The number of pyridine rings is 1. The Hall–Kier alpha value is -2.72. The van der Waals surface area contributed by atoms with Crippen LogP contribution in [0.15, 0.2) is 60.7 Å². The van der Waals surface area contributed by atoms with Crippen molar-refractivity contribution in [2.45, 2.75) is 32.0 Å². The van der Waals surface area contributed by atoms with Gasteiger partial charge in [0.15, 0.2) is 0 Å². The van der Waals surface area contributed by atoms with Gasteiger partial charge in [-0.3, -0.25) is 9.69 Å². The Morgan fingerprint density at radius 2 is 1.64 bits per heavy atom. The van der Waals surface area contributed by atoms with Gasteiger partial charge in [0.05, 0.1) is 11.2 Å². The van der Waals surface area contributed by atoms with Gasteiger partial charge >= 0.3 is 0 Å². The average molecular weight is 332 g/mol. The maximum Gasteiger partial charge on any atom is 0.257 e. The van der Waals surface area contributed by atoms with Crippen molar-refractivity contribution in [3.8, 4) is 0 Å². The molecule has 1 aliphatic heterocycles. The molecule has 1 N–H and O–H groups in total. The fraction of sp³-hybridized carbons (Fsp3) is 0.238. The topological polar surface area (TPSA) is 53.4 Å². The minimum absolute atomic E-state index is 0.180. The number of carbonyl (C=O) groups is 1. The number of para-hydroxylation sites is 1. The average Bonchev–Trinajstić information content (AvgIpc) is 2.83. The van der Waals surface area contributed by atoms with E-state index in [1.165, 1.54) is 4.90 Å². The van der Waals surface area contributed by atoms with E-state index in [2.05, 4.69) is 4.98 Å². The number of rotatable bonds is 1. The minimum atomic E-state index is -1.59. The van der Waals surface area contributed by atoms with Crippen molar-refractivity contribution >= 4 is 16.8 Å². The van der Waals surface area contributed by atoms with E-state index in [1.54, 1.807) is 18.2 Å². The van der Waals surface area contributed by atoms with Gasteiger partial charge in [-0.25, -0.2) is 4.98 Å². The normalized spacial score (nSPS) is 20.2. The predicted molar refractivity (Wildman–Crippen MR) is 97.1 cm³/mol. The molecule has 4 heteroatoms. The molecule has 1 aliphatic rings. The predicted octanol–water partition coefficient (Wildman–Crippen LogP) is 3.68. The van der Waals surface area contributed by atoms with E-state index in [-0.39, 0.29) is 5.91 Å². The van der Waals surface area contributed by atoms with Gasteiger partial charge in [0.1, 0.15) is 0 Å². The molecule has 0 saturated carbocycles. The Morgan fingerprint density at radius 3 is 2.40 bits per heavy atom. The van der Waals surface area contributed by atoms with Gasteiger partial charge in [-0.05, 0) is 39.0 Å². The molecule has 4 rings (SSSR count). The maximum atomic E-state index is 13.0. The summed E-state index contributed by atoms with van der Waals surface area (Å²) in [5.41, 5.74) is 0.194. The lowest BCUT2D eigenvalue weighted by molar-refractivity contribution is -0.0902. The fourth-order valence-corrected chi connectivity index (χ4v) is 3.66. The van der Waals surface area contributed by atoms with Crippen molar-refractivity contribution in [2.75, 3.05) is 0 Å². The molecule has 0 radical (unpaired) electrons. The standard InChI is InChI=1S/C21H20N2O2/c1-20(2,3)23-19(24)15-9-5-6-10-16(15)21(23,25)18-13-12-14-8-4-7-11-17(14)22-18/h4-13,25H,1-3H3. The maximum absolute atomic E-state index is 13.0. The van der Waals surface area contributed by atoms with Gasteiger partial charge in [-0.15, -0.1) is 0 Å². The summed E-state index contributed by atoms with van der Waals surface area (Å²) in [4.78, 5) is 19.2. The summed E-state index contributed by atoms with van der Waals surface area (Å²) in [6.07, 6.45) is 0. The summed E-state index contributed by atoms with van der Waals surface area (Å²) in [7, 11) is 0. The van der Waals surface area contributed by atoms with E-state index < -0.39 is 11.3 Å². The zero-order valence-corrected chi connectivity index (χ0v) is 14.5. The van der Waals surface area contributed by atoms with Crippen molar-refractivity contribution in [3.05, 3.63) is 77.5 Å². The lowest BCUT2D eigenvalue weighted by Gasteiger charge is -2.42. The highest BCUT2D eigenvalue weighted by Crippen LogP contribution is 2.45. The highest BCUT2D eigenvalue weighted by molar-refractivity contribution is 6.00. The number of amides is 1. The summed E-state index contributed by atoms with van der Waals surface area (Å²) in [6, 6.07) is 18.7. The molecule has 1 amide bonds. The third-order valence-electron chi connectivity index (χ3n) is 4.69. The molecule has 0 fully saturated rings. The molecule has 4 nitrogen and oxygen atoms in total. The highest BCUT2D eigenvalue weighted by Gasteiger charge is 2.54. The van der Waals surface area contributed by atoms with Crippen molar-refractivity contribution in [2.24, 2.45) is 0 Å². The first kappa shape index (κ1) is 15.8. The van der Waals surface area contributed by atoms with Crippen molar-refractivity contribution in [1.29, 1.82) is 0 Å². The summed E-state index contributed by atoms with van der Waals surface area (Å²) < 4.78 is 0. The van der Waals surface area contributed by atoms with E-state index in [0.29, 0.717) is 16.8 Å². The summed E-state index contributed by atoms with van der Waals surface area (Å²) in [6.45, 7) is 5.76. The van der Waals surface area contributed by atoms with E-state index in [0.717, 1.165) is 10.9 Å². The van der Waals surface area contributed by atoms with Crippen LogP contribution < -0.4 is 0 Å². The molecule has 1 aromatic heterocycles. The highest BCUT2D eigenvalue weighted by atomic mass is 16.3. The zero-order valence-electron chi connectivity index (χ0n) is 14.5. The number of hydrogen-bond donors (Lipinski definition) is 1. The first-order valence-electron chi connectivity index (χ1n) is 8.36. The van der Waals surface area contributed by atoms with Gasteiger partial charge in [-0.1, -0.05) is 42.5 Å². The number of carbonyl (C=O) groups excluding carboxylic acids is 1.